The van der Waals surface area contributed by atoms with Crippen LogP contribution in [0.3, 0.4) is 0 Å². The molecule has 1 aromatic carbocycles. The van der Waals surface area contributed by atoms with E-state index in [2.05, 4.69) is 23.2 Å². The number of carbonyl (C=O) groups is 1. The van der Waals surface area contributed by atoms with Gasteiger partial charge in [-0.2, -0.15) is 0 Å². The summed E-state index contributed by atoms with van der Waals surface area (Å²) in [5.74, 6) is 0.477. The van der Waals surface area contributed by atoms with Gasteiger partial charge in [0.15, 0.2) is 0 Å². The van der Waals surface area contributed by atoms with Gasteiger partial charge < -0.3 is 16.0 Å². The molecule has 3 N–H and O–H groups in total. The quantitative estimate of drug-likeness (QED) is 0.895. The zero-order valence-electron chi connectivity index (χ0n) is 13.4. The molecule has 1 amide bonds. The van der Waals surface area contributed by atoms with E-state index in [1.165, 1.54) is 12.0 Å². The van der Waals surface area contributed by atoms with E-state index >= 15 is 0 Å². The van der Waals surface area contributed by atoms with Crippen molar-refractivity contribution in [3.8, 4) is 0 Å². The monoisotopic (exact) mass is 289 g/mol. The Balaban J connectivity index is 2.05. The first-order chi connectivity index (χ1) is 9.89. The molecule has 1 aliphatic rings. The van der Waals surface area contributed by atoms with E-state index in [0.717, 1.165) is 31.5 Å². The molecule has 4 heteroatoms. The maximum absolute atomic E-state index is 12.5. The van der Waals surface area contributed by atoms with Crippen LogP contribution in [0.15, 0.2) is 24.3 Å². The van der Waals surface area contributed by atoms with Gasteiger partial charge in [-0.3, -0.25) is 4.79 Å². The van der Waals surface area contributed by atoms with Crippen LogP contribution < -0.4 is 11.1 Å². The lowest BCUT2D eigenvalue weighted by molar-refractivity contribution is -0.122. The minimum Gasteiger partial charge on any atom is -0.324 e. The zero-order valence-corrected chi connectivity index (χ0v) is 13.4. The molecule has 4 nitrogen and oxygen atoms in total. The van der Waals surface area contributed by atoms with Gasteiger partial charge in [-0.15, -0.1) is 0 Å². The minimum absolute atomic E-state index is 0.0453. The van der Waals surface area contributed by atoms with Crippen LogP contribution >= 0.6 is 0 Å². The first-order valence-corrected chi connectivity index (χ1v) is 7.73. The largest absolute Gasteiger partial charge is 0.324 e. The Bertz CT molecular complexity index is 501. The SMILES string of the molecule is CC1CCCC(N)(C(=O)Nc2cccc(CN(C)C)c2)C1. The van der Waals surface area contributed by atoms with Gasteiger partial charge in [-0.1, -0.05) is 31.9 Å². The second-order valence-corrected chi connectivity index (χ2v) is 6.75. The third-order valence-corrected chi connectivity index (χ3v) is 4.17. The summed E-state index contributed by atoms with van der Waals surface area (Å²) in [7, 11) is 4.06. The number of nitrogens with one attached hydrogen (secondary N) is 1. The van der Waals surface area contributed by atoms with Crippen LogP contribution in [0, 0.1) is 5.92 Å². The Hall–Kier alpha value is -1.39. The Morgan fingerprint density at radius 2 is 2.24 bits per heavy atom. The molecule has 0 aliphatic heterocycles. The van der Waals surface area contributed by atoms with E-state index < -0.39 is 5.54 Å². The van der Waals surface area contributed by atoms with Gasteiger partial charge in [-0.25, -0.2) is 0 Å². The summed E-state index contributed by atoms with van der Waals surface area (Å²) in [4.78, 5) is 14.6. The lowest BCUT2D eigenvalue weighted by atomic mass is 9.76. The lowest BCUT2D eigenvalue weighted by Crippen LogP contribution is -2.53. The van der Waals surface area contributed by atoms with Gasteiger partial charge in [0, 0.05) is 12.2 Å². The van der Waals surface area contributed by atoms with Crippen LogP contribution in [0.4, 0.5) is 5.69 Å². The number of benzene rings is 1. The number of nitrogens with zero attached hydrogens (tertiary/aromatic N) is 1. The second kappa shape index (κ2) is 6.58. The fourth-order valence-corrected chi connectivity index (χ4v) is 3.17. The van der Waals surface area contributed by atoms with Crippen molar-refractivity contribution in [1.29, 1.82) is 0 Å². The summed E-state index contributed by atoms with van der Waals surface area (Å²) in [6.45, 7) is 3.03. The molecule has 0 saturated heterocycles. The molecule has 1 fully saturated rings. The summed E-state index contributed by atoms with van der Waals surface area (Å²) in [6, 6.07) is 7.98. The highest BCUT2D eigenvalue weighted by Gasteiger charge is 2.37. The molecule has 116 valence electrons. The molecule has 1 aromatic rings. The Morgan fingerprint density at radius 1 is 1.48 bits per heavy atom. The molecule has 0 aromatic heterocycles. The van der Waals surface area contributed by atoms with Crippen LogP contribution in [0.25, 0.3) is 0 Å². The maximum atomic E-state index is 12.5. The fourth-order valence-electron chi connectivity index (χ4n) is 3.17. The second-order valence-electron chi connectivity index (χ2n) is 6.75. The van der Waals surface area contributed by atoms with Crippen molar-refractivity contribution < 1.29 is 4.79 Å². The van der Waals surface area contributed by atoms with Crippen LogP contribution in [0.2, 0.25) is 0 Å². The highest BCUT2D eigenvalue weighted by molar-refractivity contribution is 5.98. The first-order valence-electron chi connectivity index (χ1n) is 7.73. The molecule has 1 saturated carbocycles. The zero-order chi connectivity index (χ0) is 15.5. The van der Waals surface area contributed by atoms with E-state index in [0.29, 0.717) is 5.92 Å². The summed E-state index contributed by atoms with van der Waals surface area (Å²) >= 11 is 0. The van der Waals surface area contributed by atoms with Crippen molar-refractivity contribution in [1.82, 2.24) is 4.90 Å². The fraction of sp³-hybridized carbons (Fsp3) is 0.588. The lowest BCUT2D eigenvalue weighted by Gasteiger charge is -2.35. The van der Waals surface area contributed by atoms with E-state index in [-0.39, 0.29) is 5.91 Å². The molecular formula is C17H27N3O. The van der Waals surface area contributed by atoms with Gasteiger partial charge in [0.1, 0.15) is 0 Å². The molecular weight excluding hydrogens is 262 g/mol. The average Bonchev–Trinajstić information content (AvgIpc) is 2.38. The number of carbonyl (C=O) groups excluding carboxylic acids is 1. The molecule has 0 heterocycles. The Kier molecular flexibility index (Phi) is 5.01. The predicted octanol–water partition coefficient (Wildman–Crippen LogP) is 2.59. The van der Waals surface area contributed by atoms with Crippen LogP contribution in [0.5, 0.6) is 0 Å². The highest BCUT2D eigenvalue weighted by atomic mass is 16.2. The number of rotatable bonds is 4. The molecule has 0 spiro atoms. The van der Waals surface area contributed by atoms with Crippen molar-refractivity contribution in [3.63, 3.8) is 0 Å². The van der Waals surface area contributed by atoms with E-state index in [4.69, 9.17) is 5.73 Å². The topological polar surface area (TPSA) is 58.4 Å². The van der Waals surface area contributed by atoms with Gasteiger partial charge in [-0.05, 0) is 50.6 Å². The standard InChI is InChI=1S/C17H27N3O/c1-13-6-5-9-17(18,11-13)16(21)19-15-8-4-7-14(10-15)12-20(2)3/h4,7-8,10,13H,5-6,9,11-12,18H2,1-3H3,(H,19,21). The molecule has 0 radical (unpaired) electrons. The third-order valence-electron chi connectivity index (χ3n) is 4.17. The van der Waals surface area contributed by atoms with Crippen LogP contribution in [-0.2, 0) is 11.3 Å². The predicted molar refractivity (Wildman–Crippen MR) is 87.0 cm³/mol. The van der Waals surface area contributed by atoms with Crippen molar-refractivity contribution >= 4 is 11.6 Å². The number of amides is 1. The normalized spacial score (nSPS) is 25.9. The van der Waals surface area contributed by atoms with E-state index in [9.17, 15) is 4.79 Å². The van der Waals surface area contributed by atoms with Crippen LogP contribution in [-0.4, -0.2) is 30.4 Å². The number of nitrogens with two attached hydrogens (primary N) is 1. The van der Waals surface area contributed by atoms with Crippen molar-refractivity contribution in [2.45, 2.75) is 44.7 Å². The number of hydrogen-bond acceptors (Lipinski definition) is 3. The molecule has 1 aliphatic carbocycles. The maximum Gasteiger partial charge on any atom is 0.244 e. The van der Waals surface area contributed by atoms with Gasteiger partial charge >= 0.3 is 0 Å². The summed E-state index contributed by atoms with van der Waals surface area (Å²) in [6.07, 6.45) is 3.76. The van der Waals surface area contributed by atoms with Gasteiger partial charge in [0.05, 0.1) is 5.54 Å². The third kappa shape index (κ3) is 4.29. The molecule has 2 atom stereocenters. The molecule has 2 rings (SSSR count). The summed E-state index contributed by atoms with van der Waals surface area (Å²) in [5.41, 5.74) is 7.64. The minimum atomic E-state index is -0.713. The van der Waals surface area contributed by atoms with E-state index in [1.807, 2.05) is 32.3 Å². The van der Waals surface area contributed by atoms with Crippen molar-refractivity contribution in [2.24, 2.45) is 11.7 Å². The van der Waals surface area contributed by atoms with Crippen molar-refractivity contribution in [3.05, 3.63) is 29.8 Å². The molecule has 0 bridgehead atoms. The summed E-state index contributed by atoms with van der Waals surface area (Å²) < 4.78 is 0. The molecule has 2 unspecified atom stereocenters. The smallest absolute Gasteiger partial charge is 0.244 e. The van der Waals surface area contributed by atoms with E-state index in [1.54, 1.807) is 0 Å². The number of hydrogen-bond donors (Lipinski definition) is 2. The number of anilines is 1. The summed E-state index contributed by atoms with van der Waals surface area (Å²) in [5, 5.41) is 3.00. The van der Waals surface area contributed by atoms with Crippen LogP contribution in [0.1, 0.15) is 38.2 Å². The first kappa shape index (κ1) is 16.0. The van der Waals surface area contributed by atoms with Crippen molar-refractivity contribution in [2.75, 3.05) is 19.4 Å². The Labute approximate surface area is 127 Å². The van der Waals surface area contributed by atoms with Gasteiger partial charge in [0.25, 0.3) is 0 Å². The van der Waals surface area contributed by atoms with Gasteiger partial charge in [0.2, 0.25) is 5.91 Å². The Morgan fingerprint density at radius 3 is 2.90 bits per heavy atom. The molecule has 21 heavy (non-hydrogen) atoms. The average molecular weight is 289 g/mol. The highest BCUT2D eigenvalue weighted by Crippen LogP contribution is 2.31.